The number of fused-ring (bicyclic) bond motifs is 1. The zero-order chi connectivity index (χ0) is 13.3. The summed E-state index contributed by atoms with van der Waals surface area (Å²) < 4.78 is 1.52. The highest BCUT2D eigenvalue weighted by atomic mass is 16.3. The molecular formula is C14H17N3O2. The summed E-state index contributed by atoms with van der Waals surface area (Å²) in [6.45, 7) is 0.330. The fourth-order valence-electron chi connectivity index (χ4n) is 2.81. The molecule has 0 unspecified atom stereocenters. The van der Waals surface area contributed by atoms with Gasteiger partial charge in [-0.05, 0) is 18.9 Å². The monoisotopic (exact) mass is 259 g/mol. The molecule has 0 saturated heterocycles. The topological polar surface area (TPSA) is 68.0 Å². The molecule has 1 aliphatic rings. The second-order valence-corrected chi connectivity index (χ2v) is 5.36. The highest BCUT2D eigenvalue weighted by Crippen LogP contribution is 2.29. The summed E-state index contributed by atoms with van der Waals surface area (Å²) in [6.07, 6.45) is 9.41. The smallest absolute Gasteiger partial charge is 0.261 e. The third-order valence-electron chi connectivity index (χ3n) is 3.88. The van der Waals surface area contributed by atoms with Crippen molar-refractivity contribution in [2.75, 3.05) is 0 Å². The Bertz CT molecular complexity index is 644. The van der Waals surface area contributed by atoms with Crippen molar-refractivity contribution in [3.05, 3.63) is 35.1 Å². The number of pyridine rings is 1. The third kappa shape index (κ3) is 2.38. The molecule has 2 heterocycles. The number of hydrogen-bond acceptors (Lipinski definition) is 4. The highest BCUT2D eigenvalue weighted by molar-refractivity contribution is 5.75. The van der Waals surface area contributed by atoms with Crippen LogP contribution in [0.15, 0.2) is 29.6 Å². The van der Waals surface area contributed by atoms with Crippen molar-refractivity contribution < 1.29 is 5.11 Å². The van der Waals surface area contributed by atoms with Crippen molar-refractivity contribution in [1.82, 2.24) is 14.5 Å². The minimum atomic E-state index is -0.759. The molecule has 100 valence electrons. The molecule has 2 aromatic heterocycles. The standard InChI is InChI=1S/C14H17N3O2/c18-13-11-4-7-15-8-12(11)16-10-17(13)9-14(19)5-2-1-3-6-14/h4,7-8,10,19H,1-3,5-6,9H2. The molecule has 1 N–H and O–H groups in total. The molecule has 0 atom stereocenters. The molecule has 0 bridgehead atoms. The Morgan fingerprint density at radius 2 is 2.11 bits per heavy atom. The van der Waals surface area contributed by atoms with E-state index in [1.54, 1.807) is 18.5 Å². The fourth-order valence-corrected chi connectivity index (χ4v) is 2.81. The van der Waals surface area contributed by atoms with Crippen LogP contribution in [0, 0.1) is 0 Å². The van der Waals surface area contributed by atoms with Gasteiger partial charge < -0.3 is 5.11 Å². The maximum absolute atomic E-state index is 12.3. The minimum Gasteiger partial charge on any atom is -0.388 e. The van der Waals surface area contributed by atoms with Gasteiger partial charge in [-0.1, -0.05) is 19.3 Å². The molecule has 5 nitrogen and oxygen atoms in total. The maximum Gasteiger partial charge on any atom is 0.261 e. The van der Waals surface area contributed by atoms with Gasteiger partial charge in [0.2, 0.25) is 0 Å². The molecule has 1 aliphatic carbocycles. The third-order valence-corrected chi connectivity index (χ3v) is 3.88. The molecule has 2 aromatic rings. The Hall–Kier alpha value is -1.75. The molecule has 0 spiro atoms. The Kier molecular flexibility index (Phi) is 3.06. The first kappa shape index (κ1) is 12.3. The van der Waals surface area contributed by atoms with E-state index in [4.69, 9.17) is 0 Å². The Morgan fingerprint density at radius 3 is 2.89 bits per heavy atom. The van der Waals surface area contributed by atoms with Crippen LogP contribution in [0.1, 0.15) is 32.1 Å². The lowest BCUT2D eigenvalue weighted by Crippen LogP contribution is -2.39. The number of hydrogen-bond donors (Lipinski definition) is 1. The normalized spacial score (nSPS) is 18.6. The lowest BCUT2D eigenvalue weighted by Gasteiger charge is -2.32. The first-order valence-corrected chi connectivity index (χ1v) is 6.70. The van der Waals surface area contributed by atoms with Crippen LogP contribution in [0.3, 0.4) is 0 Å². The molecule has 0 radical (unpaired) electrons. The van der Waals surface area contributed by atoms with Crippen LogP contribution in [-0.4, -0.2) is 25.2 Å². The van der Waals surface area contributed by atoms with Crippen molar-refractivity contribution >= 4 is 10.9 Å². The zero-order valence-electron chi connectivity index (χ0n) is 10.7. The molecule has 3 rings (SSSR count). The maximum atomic E-state index is 12.3. The second-order valence-electron chi connectivity index (χ2n) is 5.36. The summed E-state index contributed by atoms with van der Waals surface area (Å²) in [7, 11) is 0. The van der Waals surface area contributed by atoms with E-state index in [0.717, 1.165) is 25.7 Å². The number of aromatic nitrogens is 3. The van der Waals surface area contributed by atoms with Gasteiger partial charge in [-0.3, -0.25) is 14.3 Å². The van der Waals surface area contributed by atoms with Crippen molar-refractivity contribution in [2.45, 2.75) is 44.2 Å². The fraction of sp³-hybridized carbons (Fsp3) is 0.500. The van der Waals surface area contributed by atoms with Gasteiger partial charge in [0.1, 0.15) is 0 Å². The van der Waals surface area contributed by atoms with Gasteiger partial charge in [0.05, 0.1) is 35.6 Å². The van der Waals surface area contributed by atoms with Crippen LogP contribution in [0.5, 0.6) is 0 Å². The van der Waals surface area contributed by atoms with Gasteiger partial charge in [-0.25, -0.2) is 4.98 Å². The van der Waals surface area contributed by atoms with Crippen LogP contribution in [0.25, 0.3) is 10.9 Å². The Morgan fingerprint density at radius 1 is 1.32 bits per heavy atom. The van der Waals surface area contributed by atoms with E-state index in [1.165, 1.54) is 17.3 Å². The molecule has 0 aliphatic heterocycles. The van der Waals surface area contributed by atoms with Gasteiger partial charge in [0.25, 0.3) is 5.56 Å². The van der Waals surface area contributed by atoms with Crippen molar-refractivity contribution in [3.63, 3.8) is 0 Å². The number of rotatable bonds is 2. The van der Waals surface area contributed by atoms with E-state index >= 15 is 0 Å². The minimum absolute atomic E-state index is 0.105. The van der Waals surface area contributed by atoms with E-state index in [-0.39, 0.29) is 5.56 Å². The largest absolute Gasteiger partial charge is 0.388 e. The summed E-state index contributed by atoms with van der Waals surface area (Å²) in [5.74, 6) is 0. The van der Waals surface area contributed by atoms with Crippen LogP contribution in [-0.2, 0) is 6.54 Å². The lowest BCUT2D eigenvalue weighted by molar-refractivity contribution is -0.0123. The van der Waals surface area contributed by atoms with Gasteiger partial charge in [-0.15, -0.1) is 0 Å². The van der Waals surface area contributed by atoms with E-state index in [2.05, 4.69) is 9.97 Å². The summed E-state index contributed by atoms with van der Waals surface area (Å²) in [6, 6.07) is 1.67. The summed E-state index contributed by atoms with van der Waals surface area (Å²) in [5, 5.41) is 11.1. The lowest BCUT2D eigenvalue weighted by atomic mass is 9.85. The van der Waals surface area contributed by atoms with E-state index < -0.39 is 5.60 Å². The second kappa shape index (κ2) is 4.74. The van der Waals surface area contributed by atoms with Gasteiger partial charge in [0, 0.05) is 6.20 Å². The zero-order valence-corrected chi connectivity index (χ0v) is 10.7. The number of nitrogens with zero attached hydrogens (tertiary/aromatic N) is 3. The molecule has 1 saturated carbocycles. The van der Waals surface area contributed by atoms with Gasteiger partial charge in [-0.2, -0.15) is 0 Å². The molecule has 5 heteroatoms. The predicted octanol–water partition coefficient (Wildman–Crippen LogP) is 1.49. The quantitative estimate of drug-likeness (QED) is 0.887. The van der Waals surface area contributed by atoms with Crippen LogP contribution in [0.2, 0.25) is 0 Å². The van der Waals surface area contributed by atoms with Crippen LogP contribution >= 0.6 is 0 Å². The average molecular weight is 259 g/mol. The highest BCUT2D eigenvalue weighted by Gasteiger charge is 2.30. The summed E-state index contributed by atoms with van der Waals surface area (Å²) in [5.41, 5.74) is -0.268. The molecule has 1 fully saturated rings. The SMILES string of the molecule is O=c1c2ccncc2ncn1CC1(O)CCCCC1. The first-order chi connectivity index (χ1) is 9.18. The average Bonchev–Trinajstić information content (AvgIpc) is 2.43. The van der Waals surface area contributed by atoms with Crippen LogP contribution < -0.4 is 5.56 Å². The molecule has 0 aromatic carbocycles. The van der Waals surface area contributed by atoms with Gasteiger partial charge in [0.15, 0.2) is 0 Å². The van der Waals surface area contributed by atoms with E-state index in [0.29, 0.717) is 17.4 Å². The summed E-state index contributed by atoms with van der Waals surface area (Å²) in [4.78, 5) is 20.5. The van der Waals surface area contributed by atoms with Crippen molar-refractivity contribution in [1.29, 1.82) is 0 Å². The Balaban J connectivity index is 1.97. The van der Waals surface area contributed by atoms with E-state index in [9.17, 15) is 9.90 Å². The van der Waals surface area contributed by atoms with Crippen molar-refractivity contribution in [2.24, 2.45) is 0 Å². The van der Waals surface area contributed by atoms with Crippen molar-refractivity contribution in [3.8, 4) is 0 Å². The summed E-state index contributed by atoms with van der Waals surface area (Å²) >= 11 is 0. The predicted molar refractivity (Wildman–Crippen MR) is 71.8 cm³/mol. The molecular weight excluding hydrogens is 242 g/mol. The molecule has 19 heavy (non-hydrogen) atoms. The van der Waals surface area contributed by atoms with Gasteiger partial charge >= 0.3 is 0 Å². The first-order valence-electron chi connectivity index (χ1n) is 6.70. The Labute approximate surface area is 110 Å². The van der Waals surface area contributed by atoms with Crippen LogP contribution in [0.4, 0.5) is 0 Å². The van der Waals surface area contributed by atoms with E-state index in [1.807, 2.05) is 0 Å². The molecule has 0 amide bonds. The number of aliphatic hydroxyl groups is 1.